The van der Waals surface area contributed by atoms with E-state index in [-0.39, 0.29) is 17.6 Å². The molecule has 0 aliphatic carbocycles. The summed E-state index contributed by atoms with van der Waals surface area (Å²) in [6, 6.07) is 9.28. The fourth-order valence-corrected chi connectivity index (χ4v) is 3.96. The minimum atomic E-state index is -0.113. The van der Waals surface area contributed by atoms with E-state index in [9.17, 15) is 9.59 Å². The highest BCUT2D eigenvalue weighted by molar-refractivity contribution is 8.01. The van der Waals surface area contributed by atoms with Crippen molar-refractivity contribution in [1.29, 1.82) is 0 Å². The highest BCUT2D eigenvalue weighted by atomic mass is 32.2. The molecule has 1 aromatic heterocycles. The molecule has 2 heterocycles. The van der Waals surface area contributed by atoms with Crippen LogP contribution in [0.5, 0.6) is 0 Å². The first-order valence-electron chi connectivity index (χ1n) is 8.21. The number of nitrogens with one attached hydrogen (secondary N) is 3. The number of hydrogen-bond acceptors (Lipinski definition) is 7. The van der Waals surface area contributed by atoms with E-state index < -0.39 is 0 Å². The maximum absolute atomic E-state index is 12.1. The van der Waals surface area contributed by atoms with Gasteiger partial charge in [0.2, 0.25) is 11.0 Å². The molecule has 2 amide bonds. The Morgan fingerprint density at radius 3 is 2.65 bits per heavy atom. The van der Waals surface area contributed by atoms with Crippen LogP contribution in [-0.2, 0) is 14.3 Å². The molecule has 8 nitrogen and oxygen atoms in total. The van der Waals surface area contributed by atoms with Crippen LogP contribution in [0.3, 0.4) is 0 Å². The number of hydrogen-bond donors (Lipinski definition) is 3. The van der Waals surface area contributed by atoms with Crippen molar-refractivity contribution < 1.29 is 19.2 Å². The minimum absolute atomic E-state index is 0.0866. The summed E-state index contributed by atoms with van der Waals surface area (Å²) < 4.78 is 5.92. The summed E-state index contributed by atoms with van der Waals surface area (Å²) in [7, 11) is 0. The predicted octanol–water partition coefficient (Wildman–Crippen LogP) is 0.123. The number of amides is 2. The number of anilines is 2. The first-order valence-corrected chi connectivity index (χ1v) is 10.0. The maximum atomic E-state index is 12.1. The lowest BCUT2D eigenvalue weighted by Crippen LogP contribution is -3.15. The number of carbonyl (C=O) groups is 2. The van der Waals surface area contributed by atoms with Crippen LogP contribution in [0.4, 0.5) is 10.8 Å². The summed E-state index contributed by atoms with van der Waals surface area (Å²) in [5, 5.41) is 14.0. The Morgan fingerprint density at radius 1 is 1.12 bits per heavy atom. The number of ether oxygens (including phenoxy) is 1. The van der Waals surface area contributed by atoms with Gasteiger partial charge in [-0.15, -0.1) is 10.2 Å². The summed E-state index contributed by atoms with van der Waals surface area (Å²) in [6.45, 7) is 3.44. The molecule has 1 saturated heterocycles. The van der Waals surface area contributed by atoms with Gasteiger partial charge in [0, 0.05) is 5.69 Å². The average Bonchev–Trinajstić information content (AvgIpc) is 3.09. The molecule has 0 unspecified atom stereocenters. The summed E-state index contributed by atoms with van der Waals surface area (Å²) in [5.74, 6) is 0.0318. The van der Waals surface area contributed by atoms with Gasteiger partial charge in [0.1, 0.15) is 13.1 Å². The molecule has 26 heavy (non-hydrogen) atoms. The van der Waals surface area contributed by atoms with Crippen LogP contribution < -0.4 is 15.5 Å². The van der Waals surface area contributed by atoms with Gasteiger partial charge in [0.15, 0.2) is 10.9 Å². The molecule has 0 radical (unpaired) electrons. The van der Waals surface area contributed by atoms with Crippen LogP contribution in [-0.4, -0.2) is 60.6 Å². The number of morpholine rings is 1. The lowest BCUT2D eigenvalue weighted by Gasteiger charge is -2.22. The highest BCUT2D eigenvalue weighted by Gasteiger charge is 2.18. The Morgan fingerprint density at radius 2 is 1.88 bits per heavy atom. The number of quaternary nitrogens is 1. The maximum Gasteiger partial charge on any atom is 0.281 e. The molecule has 2 aromatic rings. The third-order valence-corrected chi connectivity index (χ3v) is 5.62. The summed E-state index contributed by atoms with van der Waals surface area (Å²) >= 11 is 2.56. The smallest absolute Gasteiger partial charge is 0.281 e. The lowest BCUT2D eigenvalue weighted by atomic mass is 10.3. The molecular weight excluding hydrogens is 374 g/mol. The van der Waals surface area contributed by atoms with E-state index in [0.29, 0.717) is 29.2 Å². The fraction of sp³-hybridized carbons (Fsp3) is 0.375. The largest absolute Gasteiger partial charge is 0.370 e. The van der Waals surface area contributed by atoms with E-state index in [1.807, 2.05) is 30.3 Å². The second-order valence-corrected chi connectivity index (χ2v) is 7.86. The number of carbonyl (C=O) groups excluding carboxylic acids is 2. The third-order valence-electron chi connectivity index (χ3n) is 3.65. The van der Waals surface area contributed by atoms with E-state index in [1.54, 1.807) is 0 Å². The molecule has 1 aliphatic rings. The van der Waals surface area contributed by atoms with Crippen molar-refractivity contribution in [2.75, 3.05) is 49.2 Å². The summed E-state index contributed by atoms with van der Waals surface area (Å²) in [5.41, 5.74) is 0.758. The molecule has 3 N–H and O–H groups in total. The number of para-hydroxylation sites is 1. The normalized spacial score (nSPS) is 14.8. The molecule has 0 spiro atoms. The van der Waals surface area contributed by atoms with Crippen LogP contribution >= 0.6 is 23.1 Å². The average molecular weight is 395 g/mol. The van der Waals surface area contributed by atoms with Crippen molar-refractivity contribution >= 4 is 45.7 Å². The van der Waals surface area contributed by atoms with Gasteiger partial charge in [-0.2, -0.15) is 0 Å². The van der Waals surface area contributed by atoms with Gasteiger partial charge in [-0.3, -0.25) is 14.9 Å². The van der Waals surface area contributed by atoms with Crippen LogP contribution in [0.2, 0.25) is 0 Å². The van der Waals surface area contributed by atoms with E-state index in [4.69, 9.17) is 4.74 Å². The molecule has 0 atom stereocenters. The zero-order valence-electron chi connectivity index (χ0n) is 14.1. The van der Waals surface area contributed by atoms with Gasteiger partial charge < -0.3 is 15.0 Å². The second kappa shape index (κ2) is 9.62. The quantitative estimate of drug-likeness (QED) is 0.456. The monoisotopic (exact) mass is 394 g/mol. The van der Waals surface area contributed by atoms with Crippen molar-refractivity contribution in [1.82, 2.24) is 10.2 Å². The number of nitrogens with zero attached hydrogens (tertiary/aromatic N) is 2. The Labute approximate surface area is 159 Å². The van der Waals surface area contributed by atoms with Crippen LogP contribution in [0.15, 0.2) is 34.7 Å². The van der Waals surface area contributed by atoms with E-state index >= 15 is 0 Å². The van der Waals surface area contributed by atoms with E-state index in [0.717, 1.165) is 18.8 Å². The molecule has 3 rings (SSSR count). The van der Waals surface area contributed by atoms with Gasteiger partial charge in [0.25, 0.3) is 5.91 Å². The molecule has 10 heteroatoms. The first kappa shape index (κ1) is 18.8. The molecule has 1 aromatic carbocycles. The van der Waals surface area contributed by atoms with E-state index in [2.05, 4.69) is 20.8 Å². The van der Waals surface area contributed by atoms with Crippen LogP contribution in [0.25, 0.3) is 0 Å². The number of thioether (sulfide) groups is 1. The number of aromatic nitrogens is 2. The molecule has 138 valence electrons. The second-order valence-electron chi connectivity index (χ2n) is 5.66. The van der Waals surface area contributed by atoms with Crippen molar-refractivity contribution in [2.45, 2.75) is 4.34 Å². The molecular formula is C16H20N5O3S2+. The van der Waals surface area contributed by atoms with Gasteiger partial charge in [-0.05, 0) is 12.1 Å². The summed E-state index contributed by atoms with van der Waals surface area (Å²) in [6.07, 6.45) is 0. The summed E-state index contributed by atoms with van der Waals surface area (Å²) in [4.78, 5) is 25.2. The zero-order chi connectivity index (χ0) is 18.2. The lowest BCUT2D eigenvalue weighted by molar-refractivity contribution is -0.899. The predicted molar refractivity (Wildman–Crippen MR) is 101 cm³/mol. The Balaban J connectivity index is 1.41. The Kier molecular flexibility index (Phi) is 6.95. The fourth-order valence-electron chi connectivity index (χ4n) is 2.39. The zero-order valence-corrected chi connectivity index (χ0v) is 15.7. The Hall–Kier alpha value is -2.01. The van der Waals surface area contributed by atoms with Gasteiger partial charge >= 0.3 is 0 Å². The molecule has 1 fully saturated rings. The number of benzene rings is 1. The minimum Gasteiger partial charge on any atom is -0.370 e. The molecule has 0 saturated carbocycles. The topological polar surface area (TPSA) is 97.7 Å². The SMILES string of the molecule is O=C(CSc1nnc(NC(=O)C[NH+]2CCOCC2)s1)Nc1ccccc1. The van der Waals surface area contributed by atoms with Crippen molar-refractivity contribution in [2.24, 2.45) is 0 Å². The van der Waals surface area contributed by atoms with Crippen molar-refractivity contribution in [3.63, 3.8) is 0 Å². The highest BCUT2D eigenvalue weighted by Crippen LogP contribution is 2.25. The van der Waals surface area contributed by atoms with Crippen LogP contribution in [0, 0.1) is 0 Å². The molecule has 1 aliphatic heterocycles. The van der Waals surface area contributed by atoms with Crippen molar-refractivity contribution in [3.8, 4) is 0 Å². The Bertz CT molecular complexity index is 734. The standard InChI is InChI=1S/C16H19N5O3S2/c22-13(10-21-6-8-24-9-7-21)18-15-19-20-16(26-15)25-11-14(23)17-12-4-2-1-3-5-12/h1-5H,6-11H2,(H,17,23)(H,18,19,22)/p+1. The van der Waals surface area contributed by atoms with Gasteiger partial charge in [-0.25, -0.2) is 0 Å². The van der Waals surface area contributed by atoms with Crippen molar-refractivity contribution in [3.05, 3.63) is 30.3 Å². The van der Waals surface area contributed by atoms with Crippen LogP contribution in [0.1, 0.15) is 0 Å². The first-order chi connectivity index (χ1) is 12.7. The third kappa shape index (κ3) is 6.06. The van der Waals surface area contributed by atoms with Gasteiger partial charge in [0.05, 0.1) is 19.0 Å². The molecule has 0 bridgehead atoms. The number of rotatable bonds is 7. The van der Waals surface area contributed by atoms with Gasteiger partial charge in [-0.1, -0.05) is 41.3 Å². The van der Waals surface area contributed by atoms with E-state index in [1.165, 1.54) is 28.0 Å².